The van der Waals surface area contributed by atoms with E-state index in [2.05, 4.69) is 14.7 Å². The van der Waals surface area contributed by atoms with Crippen LogP contribution in [0.15, 0.2) is 36.7 Å². The summed E-state index contributed by atoms with van der Waals surface area (Å²) in [5.41, 5.74) is 1.79. The number of methoxy groups -OCH3 is 1. The second-order valence-electron chi connectivity index (χ2n) is 3.71. The topological polar surface area (TPSA) is 52.1 Å². The molecule has 4 nitrogen and oxygen atoms in total. The Morgan fingerprint density at radius 1 is 1.17 bits per heavy atom. The molecular weight excluding hydrogens is 235 g/mol. The van der Waals surface area contributed by atoms with Crippen LogP contribution in [-0.4, -0.2) is 23.0 Å². The van der Waals surface area contributed by atoms with E-state index >= 15 is 0 Å². The van der Waals surface area contributed by atoms with Gasteiger partial charge in [-0.15, -0.1) is 0 Å². The zero-order valence-corrected chi connectivity index (χ0v) is 9.76. The molecule has 0 radical (unpaired) electrons. The molecule has 1 heterocycles. The molecule has 0 amide bonds. The summed E-state index contributed by atoms with van der Waals surface area (Å²) in [5.74, 6) is -0.806. The normalized spacial score (nSPS) is 10.1. The molecule has 1 aromatic carbocycles. The van der Waals surface area contributed by atoms with Crippen molar-refractivity contribution >= 4 is 5.97 Å². The van der Waals surface area contributed by atoms with Gasteiger partial charge in [0.2, 0.25) is 5.82 Å². The molecular formula is C13H11FN2O2. The first-order chi connectivity index (χ1) is 8.69. The summed E-state index contributed by atoms with van der Waals surface area (Å²) in [5, 5.41) is 0. The van der Waals surface area contributed by atoms with Crippen LogP contribution >= 0.6 is 0 Å². The quantitative estimate of drug-likeness (QED) is 0.777. The van der Waals surface area contributed by atoms with Crippen molar-refractivity contribution in [3.05, 3.63) is 59.4 Å². The first-order valence-electron chi connectivity index (χ1n) is 5.32. The fourth-order valence-electron chi connectivity index (χ4n) is 1.48. The molecule has 0 bridgehead atoms. The smallest absolute Gasteiger partial charge is 0.376 e. The molecule has 0 aliphatic rings. The van der Waals surface area contributed by atoms with Gasteiger partial charge in [0.1, 0.15) is 5.82 Å². The van der Waals surface area contributed by atoms with E-state index in [1.165, 1.54) is 19.2 Å². The number of benzene rings is 1. The third-order valence-electron chi connectivity index (χ3n) is 2.39. The van der Waals surface area contributed by atoms with Gasteiger partial charge >= 0.3 is 5.97 Å². The Bertz CT molecular complexity index is 538. The molecule has 5 heteroatoms. The standard InChI is InChI=1S/C13H11FN2O2/c1-18-13(17)12-15-7-10(8-16-12)6-9-2-4-11(14)5-3-9/h2-5,7-8H,6H2,1H3. The van der Waals surface area contributed by atoms with Crippen molar-refractivity contribution in [2.24, 2.45) is 0 Å². The van der Waals surface area contributed by atoms with Crippen LogP contribution in [0.4, 0.5) is 4.39 Å². The van der Waals surface area contributed by atoms with E-state index < -0.39 is 5.97 Å². The van der Waals surface area contributed by atoms with E-state index in [1.807, 2.05) is 0 Å². The van der Waals surface area contributed by atoms with Crippen molar-refractivity contribution in [3.63, 3.8) is 0 Å². The molecule has 0 aliphatic heterocycles. The van der Waals surface area contributed by atoms with Crippen LogP contribution < -0.4 is 0 Å². The first-order valence-corrected chi connectivity index (χ1v) is 5.32. The van der Waals surface area contributed by atoms with Gasteiger partial charge in [0.05, 0.1) is 7.11 Å². The van der Waals surface area contributed by atoms with Crippen LogP contribution in [0.5, 0.6) is 0 Å². The number of carbonyl (C=O) groups is 1. The van der Waals surface area contributed by atoms with Crippen LogP contribution in [0.2, 0.25) is 0 Å². The van der Waals surface area contributed by atoms with Crippen LogP contribution in [0, 0.1) is 5.82 Å². The minimum absolute atomic E-state index is 0.0281. The highest BCUT2D eigenvalue weighted by atomic mass is 19.1. The first kappa shape index (κ1) is 12.2. The number of hydrogen-bond acceptors (Lipinski definition) is 4. The summed E-state index contributed by atoms with van der Waals surface area (Å²) >= 11 is 0. The minimum atomic E-state index is -0.566. The molecule has 92 valence electrons. The summed E-state index contributed by atoms with van der Waals surface area (Å²) < 4.78 is 17.2. The summed E-state index contributed by atoms with van der Waals surface area (Å²) in [4.78, 5) is 18.9. The minimum Gasteiger partial charge on any atom is -0.463 e. The van der Waals surface area contributed by atoms with Gasteiger partial charge in [-0.3, -0.25) is 0 Å². The van der Waals surface area contributed by atoms with Gasteiger partial charge in [-0.25, -0.2) is 19.2 Å². The Morgan fingerprint density at radius 2 is 1.78 bits per heavy atom. The summed E-state index contributed by atoms with van der Waals surface area (Å²) in [7, 11) is 1.28. The Morgan fingerprint density at radius 3 is 2.33 bits per heavy atom. The molecule has 0 saturated carbocycles. The molecule has 0 spiro atoms. The lowest BCUT2D eigenvalue weighted by atomic mass is 10.1. The highest BCUT2D eigenvalue weighted by Gasteiger charge is 2.08. The molecule has 0 unspecified atom stereocenters. The van der Waals surface area contributed by atoms with E-state index in [1.54, 1.807) is 24.5 Å². The van der Waals surface area contributed by atoms with E-state index in [4.69, 9.17) is 0 Å². The average Bonchev–Trinajstić information content (AvgIpc) is 2.41. The van der Waals surface area contributed by atoms with Crippen LogP contribution in [0.3, 0.4) is 0 Å². The number of ether oxygens (including phenoxy) is 1. The van der Waals surface area contributed by atoms with Crippen molar-refractivity contribution in [1.29, 1.82) is 0 Å². The molecule has 0 aliphatic carbocycles. The summed E-state index contributed by atoms with van der Waals surface area (Å²) in [6.07, 6.45) is 3.70. The Hall–Kier alpha value is -2.30. The van der Waals surface area contributed by atoms with Crippen LogP contribution in [0.25, 0.3) is 0 Å². The maximum absolute atomic E-state index is 12.7. The molecule has 18 heavy (non-hydrogen) atoms. The van der Waals surface area contributed by atoms with Gasteiger partial charge in [0.15, 0.2) is 0 Å². The predicted octanol–water partition coefficient (Wildman–Crippen LogP) is 1.99. The molecule has 0 atom stereocenters. The van der Waals surface area contributed by atoms with E-state index in [0.717, 1.165) is 11.1 Å². The average molecular weight is 246 g/mol. The van der Waals surface area contributed by atoms with E-state index in [0.29, 0.717) is 6.42 Å². The lowest BCUT2D eigenvalue weighted by Crippen LogP contribution is -2.07. The zero-order valence-electron chi connectivity index (χ0n) is 9.76. The summed E-state index contributed by atoms with van der Waals surface area (Å²) in [6.45, 7) is 0. The van der Waals surface area contributed by atoms with Gasteiger partial charge < -0.3 is 4.74 Å². The number of aromatic nitrogens is 2. The van der Waals surface area contributed by atoms with E-state index in [9.17, 15) is 9.18 Å². The van der Waals surface area contributed by atoms with Crippen LogP contribution in [0.1, 0.15) is 21.7 Å². The maximum atomic E-state index is 12.7. The lowest BCUT2D eigenvalue weighted by molar-refractivity contribution is 0.0586. The second kappa shape index (κ2) is 5.35. The Labute approximate surface area is 103 Å². The second-order valence-corrected chi connectivity index (χ2v) is 3.71. The molecule has 2 rings (SSSR count). The third kappa shape index (κ3) is 2.88. The van der Waals surface area contributed by atoms with E-state index in [-0.39, 0.29) is 11.6 Å². The Kier molecular flexibility index (Phi) is 3.62. The van der Waals surface area contributed by atoms with Crippen molar-refractivity contribution < 1.29 is 13.9 Å². The van der Waals surface area contributed by atoms with Gasteiger partial charge in [-0.05, 0) is 23.3 Å². The highest BCUT2D eigenvalue weighted by Crippen LogP contribution is 2.09. The number of hydrogen-bond donors (Lipinski definition) is 0. The molecule has 0 fully saturated rings. The predicted molar refractivity (Wildman–Crippen MR) is 62.6 cm³/mol. The number of halogens is 1. The van der Waals surface area contributed by atoms with Crippen molar-refractivity contribution in [2.45, 2.75) is 6.42 Å². The fourth-order valence-corrected chi connectivity index (χ4v) is 1.48. The maximum Gasteiger partial charge on any atom is 0.376 e. The highest BCUT2D eigenvalue weighted by molar-refractivity contribution is 5.84. The lowest BCUT2D eigenvalue weighted by Gasteiger charge is -2.02. The van der Waals surface area contributed by atoms with Crippen LogP contribution in [-0.2, 0) is 11.2 Å². The fraction of sp³-hybridized carbons (Fsp3) is 0.154. The number of carbonyl (C=O) groups excluding carboxylic acids is 1. The summed E-state index contributed by atoms with van der Waals surface area (Å²) in [6, 6.07) is 6.20. The largest absolute Gasteiger partial charge is 0.463 e. The number of nitrogens with zero attached hydrogens (tertiary/aromatic N) is 2. The van der Waals surface area contributed by atoms with Gasteiger partial charge in [-0.2, -0.15) is 0 Å². The van der Waals surface area contributed by atoms with Gasteiger partial charge in [0.25, 0.3) is 0 Å². The van der Waals surface area contributed by atoms with Crippen molar-refractivity contribution in [1.82, 2.24) is 9.97 Å². The molecule has 0 saturated heterocycles. The molecule has 1 aromatic heterocycles. The zero-order chi connectivity index (χ0) is 13.0. The molecule has 2 aromatic rings. The SMILES string of the molecule is COC(=O)c1ncc(Cc2ccc(F)cc2)cn1. The monoisotopic (exact) mass is 246 g/mol. The van der Waals surface area contributed by atoms with Crippen molar-refractivity contribution in [2.75, 3.05) is 7.11 Å². The van der Waals surface area contributed by atoms with Gasteiger partial charge in [0, 0.05) is 18.8 Å². The number of rotatable bonds is 3. The van der Waals surface area contributed by atoms with Crippen molar-refractivity contribution in [3.8, 4) is 0 Å². The van der Waals surface area contributed by atoms with Gasteiger partial charge in [-0.1, -0.05) is 12.1 Å². The Balaban J connectivity index is 2.10. The molecule has 0 N–H and O–H groups in total. The third-order valence-corrected chi connectivity index (χ3v) is 2.39. The number of esters is 1.